The summed E-state index contributed by atoms with van der Waals surface area (Å²) < 4.78 is 6.23. The highest BCUT2D eigenvalue weighted by Crippen LogP contribution is 2.33. The minimum Gasteiger partial charge on any atom is -0.489 e. The summed E-state index contributed by atoms with van der Waals surface area (Å²) in [4.78, 5) is 42.1. The van der Waals surface area contributed by atoms with E-state index < -0.39 is 5.91 Å². The number of amides is 2. The Balaban J connectivity index is 1.46. The first-order chi connectivity index (χ1) is 19.2. The van der Waals surface area contributed by atoms with Gasteiger partial charge in [0.15, 0.2) is 12.3 Å². The van der Waals surface area contributed by atoms with E-state index in [4.69, 9.17) is 9.94 Å². The van der Waals surface area contributed by atoms with Crippen molar-refractivity contribution in [3.8, 4) is 5.75 Å². The number of hydrogen-bond donors (Lipinski definition) is 3. The number of nitrogens with zero attached hydrogens (tertiary/aromatic N) is 2. The molecule has 3 unspecified atom stereocenters. The average Bonchev–Trinajstić information content (AvgIpc) is 2.93. The van der Waals surface area contributed by atoms with Gasteiger partial charge in [-0.15, -0.1) is 0 Å². The molecule has 2 amide bonds. The van der Waals surface area contributed by atoms with Crippen molar-refractivity contribution in [2.45, 2.75) is 65.5 Å². The minimum atomic E-state index is -0.412. The number of rotatable bonds is 11. The van der Waals surface area contributed by atoms with Crippen LogP contribution in [0.5, 0.6) is 5.75 Å². The number of fused-ring (bicyclic) bond motifs is 1. The van der Waals surface area contributed by atoms with Crippen LogP contribution in [0, 0.1) is 12.8 Å². The summed E-state index contributed by atoms with van der Waals surface area (Å²) >= 11 is 0. The largest absolute Gasteiger partial charge is 0.489 e. The van der Waals surface area contributed by atoms with Crippen LogP contribution in [-0.2, 0) is 16.2 Å². The lowest BCUT2D eigenvalue weighted by molar-refractivity contribution is -0.982. The minimum absolute atomic E-state index is 0.00410. The molecular weight excluding hydrogens is 508 g/mol. The molecule has 1 fully saturated rings. The zero-order chi connectivity index (χ0) is 28.7. The van der Waals surface area contributed by atoms with Gasteiger partial charge in [0.2, 0.25) is 5.91 Å². The standard InChI is InChI=1S/C31H38N4O5/c1-4-7-26-17-23(18-30(37)34-39)14-15-35(26,19-22(3)36)33-31(38)24-10-12-27(13-11-24)40-20-25-16-21(2)32-29-9-6-5-8-28(25)29/h5-6,8-13,16,23,26H,4,7,14-15,17-20H2,1-3H3,(H2-,33,34,37,38,39)/p+1. The fourth-order valence-corrected chi connectivity index (χ4v) is 5.93. The lowest BCUT2D eigenvalue weighted by Crippen LogP contribution is -2.69. The molecule has 1 aliphatic rings. The number of piperidine rings is 1. The summed E-state index contributed by atoms with van der Waals surface area (Å²) in [7, 11) is 0. The van der Waals surface area contributed by atoms with Crippen LogP contribution in [0.15, 0.2) is 54.6 Å². The van der Waals surface area contributed by atoms with E-state index in [-0.39, 0.29) is 41.2 Å². The first-order valence-corrected chi connectivity index (χ1v) is 13.9. The van der Waals surface area contributed by atoms with Gasteiger partial charge < -0.3 is 4.74 Å². The predicted octanol–water partition coefficient (Wildman–Crippen LogP) is 4.65. The Bertz CT molecular complexity index is 1360. The van der Waals surface area contributed by atoms with Gasteiger partial charge in [-0.25, -0.2) is 10.1 Å². The van der Waals surface area contributed by atoms with E-state index in [1.807, 2.05) is 37.3 Å². The fourth-order valence-electron chi connectivity index (χ4n) is 5.93. The maximum atomic E-state index is 13.4. The molecule has 1 aliphatic heterocycles. The van der Waals surface area contributed by atoms with Crippen molar-refractivity contribution in [2.24, 2.45) is 5.92 Å². The zero-order valence-electron chi connectivity index (χ0n) is 23.5. The number of Topliss-reactive ketones (excluding diaryl/α,β-unsaturated/α-hetero) is 1. The molecule has 2 aromatic carbocycles. The third kappa shape index (κ3) is 7.03. The van der Waals surface area contributed by atoms with Crippen LogP contribution < -0.4 is 15.6 Å². The lowest BCUT2D eigenvalue weighted by atomic mass is 9.85. The zero-order valence-corrected chi connectivity index (χ0v) is 23.5. The predicted molar refractivity (Wildman–Crippen MR) is 151 cm³/mol. The van der Waals surface area contributed by atoms with Crippen LogP contribution >= 0.6 is 0 Å². The number of aromatic nitrogens is 1. The van der Waals surface area contributed by atoms with E-state index >= 15 is 0 Å². The van der Waals surface area contributed by atoms with Crippen molar-refractivity contribution in [1.29, 1.82) is 0 Å². The molecule has 0 radical (unpaired) electrons. The molecule has 4 rings (SSSR count). The maximum absolute atomic E-state index is 13.4. The second-order valence-electron chi connectivity index (χ2n) is 10.9. The Kier molecular flexibility index (Phi) is 9.50. The number of hydrogen-bond acceptors (Lipinski definition) is 6. The molecule has 3 atom stereocenters. The molecule has 9 heteroatoms. The number of carbonyl (C=O) groups excluding carboxylic acids is 3. The Morgan fingerprint density at radius 1 is 1.12 bits per heavy atom. The molecule has 0 saturated carbocycles. The van der Waals surface area contributed by atoms with Crippen molar-refractivity contribution in [2.75, 3.05) is 13.1 Å². The number of ketones is 1. The van der Waals surface area contributed by atoms with E-state index in [2.05, 4.69) is 17.3 Å². The van der Waals surface area contributed by atoms with Crippen LogP contribution in [0.25, 0.3) is 10.9 Å². The number of likely N-dealkylation sites (tertiary alicyclic amines) is 1. The second-order valence-corrected chi connectivity index (χ2v) is 10.9. The number of quaternary nitrogens is 1. The van der Waals surface area contributed by atoms with Gasteiger partial charge in [-0.3, -0.25) is 24.6 Å². The van der Waals surface area contributed by atoms with Gasteiger partial charge in [0.05, 0.1) is 5.52 Å². The lowest BCUT2D eigenvalue weighted by Gasteiger charge is -2.48. The van der Waals surface area contributed by atoms with Crippen molar-refractivity contribution in [3.63, 3.8) is 0 Å². The topological polar surface area (TPSA) is 118 Å². The maximum Gasteiger partial charge on any atom is 0.295 e. The molecule has 9 nitrogen and oxygen atoms in total. The first kappa shape index (κ1) is 29.2. The number of carbonyl (C=O) groups is 3. The molecule has 3 N–H and O–H groups in total. The fraction of sp³-hybridized carbons (Fsp3) is 0.419. The number of nitrogens with one attached hydrogen (secondary N) is 2. The number of benzene rings is 2. The number of para-hydroxylation sites is 1. The van der Waals surface area contributed by atoms with Gasteiger partial charge in [-0.05, 0) is 49.2 Å². The summed E-state index contributed by atoms with van der Waals surface area (Å²) in [5.74, 6) is 0.0586. The quantitative estimate of drug-likeness (QED) is 0.183. The highest BCUT2D eigenvalue weighted by atomic mass is 16.5. The van der Waals surface area contributed by atoms with Gasteiger partial charge in [0.25, 0.3) is 5.91 Å². The SMILES string of the molecule is CCCC1CC(CC(=O)NO)CC[N+]1(CC(C)=O)NC(=O)c1ccc(OCc2cc(C)nc3ccccc23)cc1. The Labute approximate surface area is 235 Å². The highest BCUT2D eigenvalue weighted by molar-refractivity contribution is 5.93. The van der Waals surface area contributed by atoms with Crippen LogP contribution in [0.1, 0.15) is 67.6 Å². The van der Waals surface area contributed by atoms with E-state index in [1.165, 1.54) is 0 Å². The summed E-state index contributed by atoms with van der Waals surface area (Å²) in [6, 6.07) is 17.0. The molecule has 0 bridgehead atoms. The Morgan fingerprint density at radius 2 is 1.88 bits per heavy atom. The molecule has 0 aliphatic carbocycles. The van der Waals surface area contributed by atoms with Gasteiger partial charge in [-0.1, -0.05) is 31.5 Å². The van der Waals surface area contributed by atoms with Crippen molar-refractivity contribution in [1.82, 2.24) is 15.9 Å². The normalized spacial score (nSPS) is 20.6. The van der Waals surface area contributed by atoms with E-state index in [0.717, 1.165) is 35.0 Å². The van der Waals surface area contributed by atoms with Crippen LogP contribution in [-0.4, -0.2) is 51.5 Å². The molecule has 40 heavy (non-hydrogen) atoms. The van der Waals surface area contributed by atoms with Gasteiger partial charge in [-0.2, -0.15) is 5.43 Å². The van der Waals surface area contributed by atoms with Crippen molar-refractivity contribution in [3.05, 3.63) is 71.4 Å². The number of hydroxylamine groups is 1. The van der Waals surface area contributed by atoms with Crippen molar-refractivity contribution >= 4 is 28.5 Å². The Hall–Kier alpha value is -3.82. The molecule has 3 aromatic rings. The molecule has 0 spiro atoms. The molecule has 2 heterocycles. The number of pyridine rings is 1. The molecule has 212 valence electrons. The van der Waals surface area contributed by atoms with E-state index in [0.29, 0.717) is 37.3 Å². The van der Waals surface area contributed by atoms with Gasteiger partial charge >= 0.3 is 0 Å². The summed E-state index contributed by atoms with van der Waals surface area (Å²) in [6.07, 6.45) is 3.26. The van der Waals surface area contributed by atoms with Crippen LogP contribution in [0.2, 0.25) is 0 Å². The summed E-state index contributed by atoms with van der Waals surface area (Å²) in [6.45, 7) is 6.69. The molecular formula is C31H39N4O5+. The third-order valence-electron chi connectivity index (χ3n) is 7.73. The average molecular weight is 548 g/mol. The summed E-state index contributed by atoms with van der Waals surface area (Å²) in [5.41, 5.74) is 8.28. The van der Waals surface area contributed by atoms with E-state index in [1.54, 1.807) is 36.7 Å². The third-order valence-corrected chi connectivity index (χ3v) is 7.73. The van der Waals surface area contributed by atoms with E-state index in [9.17, 15) is 14.4 Å². The smallest absolute Gasteiger partial charge is 0.295 e. The molecule has 1 aromatic heterocycles. The van der Waals surface area contributed by atoms with Gasteiger partial charge in [0, 0.05) is 54.8 Å². The van der Waals surface area contributed by atoms with Gasteiger partial charge in [0.1, 0.15) is 24.9 Å². The van der Waals surface area contributed by atoms with Crippen LogP contribution in [0.3, 0.4) is 0 Å². The Morgan fingerprint density at radius 3 is 2.58 bits per heavy atom. The second kappa shape index (κ2) is 13.0. The monoisotopic (exact) mass is 547 g/mol. The number of aryl methyl sites for hydroxylation is 1. The highest BCUT2D eigenvalue weighted by Gasteiger charge is 2.45. The van der Waals surface area contributed by atoms with Crippen molar-refractivity contribution < 1.29 is 28.9 Å². The van der Waals surface area contributed by atoms with Crippen LogP contribution in [0.4, 0.5) is 0 Å². The summed E-state index contributed by atoms with van der Waals surface area (Å²) in [5, 5.41) is 10.00. The molecule has 1 saturated heterocycles. The first-order valence-electron chi connectivity index (χ1n) is 13.9. The number of ether oxygens (including phenoxy) is 1.